The van der Waals surface area contributed by atoms with Crippen molar-refractivity contribution in [3.63, 3.8) is 0 Å². The largest absolute Gasteiger partial charge is 0.416 e. The number of aliphatic imine (C=N–C) groups is 1. The Balaban J connectivity index is 1.88. The third kappa shape index (κ3) is 6.10. The van der Waals surface area contributed by atoms with Crippen molar-refractivity contribution in [3.8, 4) is 0 Å². The van der Waals surface area contributed by atoms with Gasteiger partial charge in [-0.05, 0) is 37.5 Å². The summed E-state index contributed by atoms with van der Waals surface area (Å²) in [6.45, 7) is 2.83. The second-order valence-electron chi connectivity index (χ2n) is 5.59. The molecular weight excluding hydrogens is 321 g/mol. The molecule has 2 rings (SSSR count). The maximum absolute atomic E-state index is 12.5. The number of amides is 1. The van der Waals surface area contributed by atoms with Crippen LogP contribution in [0.3, 0.4) is 0 Å². The number of rotatable bonds is 6. The van der Waals surface area contributed by atoms with E-state index in [0.717, 1.165) is 25.0 Å². The molecule has 0 aromatic heterocycles. The van der Waals surface area contributed by atoms with Gasteiger partial charge in [0.2, 0.25) is 5.91 Å². The van der Waals surface area contributed by atoms with Crippen molar-refractivity contribution < 1.29 is 18.0 Å². The fourth-order valence-electron chi connectivity index (χ4n) is 1.98. The Morgan fingerprint density at radius 1 is 1.21 bits per heavy atom. The second-order valence-corrected chi connectivity index (χ2v) is 5.59. The lowest BCUT2D eigenvalue weighted by atomic mass is 10.1. The Bertz CT molecular complexity index is 580. The van der Waals surface area contributed by atoms with Crippen LogP contribution in [0.25, 0.3) is 0 Å². The van der Waals surface area contributed by atoms with E-state index < -0.39 is 11.7 Å². The van der Waals surface area contributed by atoms with Gasteiger partial charge in [0.15, 0.2) is 5.96 Å². The quantitative estimate of drug-likeness (QED) is 0.548. The van der Waals surface area contributed by atoms with Crippen molar-refractivity contribution in [3.05, 3.63) is 35.4 Å². The fourth-order valence-corrected chi connectivity index (χ4v) is 1.98. The lowest BCUT2D eigenvalue weighted by molar-refractivity contribution is -0.137. The summed E-state index contributed by atoms with van der Waals surface area (Å²) >= 11 is 0. The molecule has 0 atom stereocenters. The molecule has 1 aromatic rings. The Hall–Kier alpha value is -2.25. The molecule has 0 aliphatic heterocycles. The summed E-state index contributed by atoms with van der Waals surface area (Å²) in [5, 5.41) is 8.75. The van der Waals surface area contributed by atoms with Crippen LogP contribution in [0.4, 0.5) is 13.2 Å². The Kier molecular flexibility index (Phi) is 6.05. The van der Waals surface area contributed by atoms with Crippen LogP contribution in [0.5, 0.6) is 0 Å². The predicted molar refractivity (Wildman–Crippen MR) is 85.4 cm³/mol. The molecule has 132 valence electrons. The predicted octanol–water partition coefficient (Wildman–Crippen LogP) is 2.04. The number of nitrogens with zero attached hydrogens (tertiary/aromatic N) is 1. The van der Waals surface area contributed by atoms with Crippen molar-refractivity contribution in [1.29, 1.82) is 0 Å². The number of nitrogens with one attached hydrogen (secondary N) is 3. The summed E-state index contributed by atoms with van der Waals surface area (Å²) in [6.07, 6.45) is -2.30. The SMILES string of the molecule is CCNC(=NCc1ccc(C(F)(F)F)cc1)NCC(=O)NC1CC1. The van der Waals surface area contributed by atoms with Crippen LogP contribution in [0, 0.1) is 0 Å². The van der Waals surface area contributed by atoms with Gasteiger partial charge in [-0.1, -0.05) is 12.1 Å². The molecule has 1 amide bonds. The van der Waals surface area contributed by atoms with Gasteiger partial charge in [0, 0.05) is 12.6 Å². The van der Waals surface area contributed by atoms with E-state index in [9.17, 15) is 18.0 Å². The lowest BCUT2D eigenvalue weighted by Crippen LogP contribution is -2.43. The Morgan fingerprint density at radius 2 is 1.88 bits per heavy atom. The number of carbonyl (C=O) groups is 1. The molecule has 1 fully saturated rings. The zero-order valence-electron chi connectivity index (χ0n) is 13.4. The average molecular weight is 342 g/mol. The molecule has 1 saturated carbocycles. The molecule has 3 N–H and O–H groups in total. The summed E-state index contributed by atoms with van der Waals surface area (Å²) in [7, 11) is 0. The second kappa shape index (κ2) is 8.03. The van der Waals surface area contributed by atoms with Gasteiger partial charge in [-0.15, -0.1) is 0 Å². The van der Waals surface area contributed by atoms with Crippen LogP contribution in [0.2, 0.25) is 0 Å². The van der Waals surface area contributed by atoms with Crippen molar-refractivity contribution in [2.45, 2.75) is 38.5 Å². The van der Waals surface area contributed by atoms with Crippen molar-refractivity contribution >= 4 is 11.9 Å². The highest BCUT2D eigenvalue weighted by Gasteiger charge is 2.29. The zero-order chi connectivity index (χ0) is 17.6. The van der Waals surface area contributed by atoms with E-state index in [1.54, 1.807) is 0 Å². The first-order valence-electron chi connectivity index (χ1n) is 7.86. The number of halogens is 3. The van der Waals surface area contributed by atoms with Crippen molar-refractivity contribution in [2.24, 2.45) is 4.99 Å². The molecule has 0 heterocycles. The lowest BCUT2D eigenvalue weighted by Gasteiger charge is -2.11. The van der Waals surface area contributed by atoms with Gasteiger partial charge in [0.25, 0.3) is 0 Å². The monoisotopic (exact) mass is 342 g/mol. The van der Waals surface area contributed by atoms with Gasteiger partial charge >= 0.3 is 6.18 Å². The summed E-state index contributed by atoms with van der Waals surface area (Å²) in [4.78, 5) is 15.9. The van der Waals surface area contributed by atoms with Crippen LogP contribution >= 0.6 is 0 Å². The number of guanidine groups is 1. The number of carbonyl (C=O) groups excluding carboxylic acids is 1. The summed E-state index contributed by atoms with van der Waals surface area (Å²) < 4.78 is 37.6. The third-order valence-electron chi connectivity index (χ3n) is 3.40. The number of hydrogen-bond acceptors (Lipinski definition) is 2. The first-order valence-corrected chi connectivity index (χ1v) is 7.86. The average Bonchev–Trinajstić information content (AvgIpc) is 3.33. The summed E-state index contributed by atoms with van der Waals surface area (Å²) in [6, 6.07) is 5.17. The normalized spacial score (nSPS) is 15.1. The van der Waals surface area contributed by atoms with Crippen molar-refractivity contribution in [2.75, 3.05) is 13.1 Å². The van der Waals surface area contributed by atoms with E-state index in [4.69, 9.17) is 0 Å². The molecule has 0 bridgehead atoms. The van der Waals surface area contributed by atoms with Gasteiger partial charge in [-0.25, -0.2) is 4.99 Å². The van der Waals surface area contributed by atoms with Crippen LogP contribution in [0.15, 0.2) is 29.3 Å². The molecule has 0 unspecified atom stereocenters. The summed E-state index contributed by atoms with van der Waals surface area (Å²) in [5.41, 5.74) is -0.0281. The van der Waals surface area contributed by atoms with Gasteiger partial charge < -0.3 is 16.0 Å². The first-order chi connectivity index (χ1) is 11.4. The van der Waals surface area contributed by atoms with E-state index >= 15 is 0 Å². The highest BCUT2D eigenvalue weighted by molar-refractivity contribution is 5.86. The number of benzene rings is 1. The zero-order valence-corrected chi connectivity index (χ0v) is 13.4. The molecule has 0 radical (unpaired) electrons. The highest BCUT2D eigenvalue weighted by Crippen LogP contribution is 2.29. The van der Waals surface area contributed by atoms with E-state index in [2.05, 4.69) is 20.9 Å². The third-order valence-corrected chi connectivity index (χ3v) is 3.40. The topological polar surface area (TPSA) is 65.5 Å². The Morgan fingerprint density at radius 3 is 2.42 bits per heavy atom. The molecule has 1 aromatic carbocycles. The molecular formula is C16H21F3N4O. The molecule has 1 aliphatic carbocycles. The van der Waals surface area contributed by atoms with E-state index in [-0.39, 0.29) is 19.0 Å². The minimum Gasteiger partial charge on any atom is -0.357 e. The number of hydrogen-bond donors (Lipinski definition) is 3. The molecule has 0 spiro atoms. The first kappa shape index (κ1) is 18.1. The van der Waals surface area contributed by atoms with E-state index in [1.165, 1.54) is 12.1 Å². The minimum absolute atomic E-state index is 0.0994. The van der Waals surface area contributed by atoms with E-state index in [0.29, 0.717) is 24.1 Å². The maximum Gasteiger partial charge on any atom is 0.416 e. The molecule has 5 nitrogen and oxygen atoms in total. The minimum atomic E-state index is -4.34. The smallest absolute Gasteiger partial charge is 0.357 e. The van der Waals surface area contributed by atoms with Crippen molar-refractivity contribution in [1.82, 2.24) is 16.0 Å². The van der Waals surface area contributed by atoms with Gasteiger partial charge in [0.05, 0.1) is 18.7 Å². The summed E-state index contributed by atoms with van der Waals surface area (Å²) in [5.74, 6) is 0.348. The van der Waals surface area contributed by atoms with Crippen LogP contribution in [0.1, 0.15) is 30.9 Å². The standard InChI is InChI=1S/C16H21F3N4O/c1-2-20-15(22-10-14(24)23-13-7-8-13)21-9-11-3-5-12(6-4-11)16(17,18)19/h3-6,13H,2,7-10H2,1H3,(H,23,24)(H2,20,21,22). The number of alkyl halides is 3. The van der Waals surface area contributed by atoms with Gasteiger partial charge in [0.1, 0.15) is 0 Å². The molecule has 24 heavy (non-hydrogen) atoms. The van der Waals surface area contributed by atoms with E-state index in [1.807, 2.05) is 6.92 Å². The van der Waals surface area contributed by atoms with Gasteiger partial charge in [-0.3, -0.25) is 4.79 Å². The van der Waals surface area contributed by atoms with Crippen LogP contribution in [-0.4, -0.2) is 31.0 Å². The van der Waals surface area contributed by atoms with Crippen LogP contribution in [-0.2, 0) is 17.5 Å². The highest BCUT2D eigenvalue weighted by atomic mass is 19.4. The molecule has 1 aliphatic rings. The van der Waals surface area contributed by atoms with Gasteiger partial charge in [-0.2, -0.15) is 13.2 Å². The van der Waals surface area contributed by atoms with Crippen LogP contribution < -0.4 is 16.0 Å². The fraction of sp³-hybridized carbons (Fsp3) is 0.500. The molecule has 8 heteroatoms. The Labute approximate surface area is 138 Å². The molecule has 0 saturated heterocycles. The maximum atomic E-state index is 12.5.